The number of carbonyl (C=O) groups excluding carboxylic acids is 1. The zero-order chi connectivity index (χ0) is 16.3. The highest BCUT2D eigenvalue weighted by Crippen LogP contribution is 2.17. The summed E-state index contributed by atoms with van der Waals surface area (Å²) in [5.41, 5.74) is 1.43. The lowest BCUT2D eigenvalue weighted by Gasteiger charge is -2.10. The van der Waals surface area contributed by atoms with Gasteiger partial charge in [-0.15, -0.1) is 0 Å². The van der Waals surface area contributed by atoms with Crippen molar-refractivity contribution in [3.05, 3.63) is 60.4 Å². The first-order chi connectivity index (χ1) is 11.1. The van der Waals surface area contributed by atoms with Gasteiger partial charge in [0.2, 0.25) is 6.10 Å². The number of pyridine rings is 1. The molecule has 8 heteroatoms. The average Bonchev–Trinajstić information content (AvgIpc) is 3.06. The van der Waals surface area contributed by atoms with Gasteiger partial charge in [0.05, 0.1) is 5.71 Å². The number of benzene rings is 1. The maximum absolute atomic E-state index is 12.1. The molecule has 23 heavy (non-hydrogen) atoms. The highest BCUT2D eigenvalue weighted by atomic mass is 32.2. The third kappa shape index (κ3) is 3.37. The fourth-order valence-electron chi connectivity index (χ4n) is 2.08. The second kappa shape index (κ2) is 6.17. The summed E-state index contributed by atoms with van der Waals surface area (Å²) in [5.74, 6) is -0.761. The molecule has 0 spiro atoms. The van der Waals surface area contributed by atoms with Gasteiger partial charge in [-0.25, -0.2) is 13.1 Å². The summed E-state index contributed by atoms with van der Waals surface area (Å²) in [5, 5.41) is 3.86. The Morgan fingerprint density at radius 1 is 1.17 bits per heavy atom. The lowest BCUT2D eigenvalue weighted by molar-refractivity contribution is -0.129. The quantitative estimate of drug-likeness (QED) is 0.904. The van der Waals surface area contributed by atoms with E-state index in [1.54, 1.807) is 0 Å². The summed E-state index contributed by atoms with van der Waals surface area (Å²) in [4.78, 5) is 20.8. The smallest absolute Gasteiger partial charge is 0.278 e. The van der Waals surface area contributed by atoms with Gasteiger partial charge >= 0.3 is 0 Å². The number of hydrogen-bond donors (Lipinski definition) is 1. The Labute approximate surface area is 133 Å². The highest BCUT2D eigenvalue weighted by molar-refractivity contribution is 7.90. The van der Waals surface area contributed by atoms with Gasteiger partial charge < -0.3 is 4.84 Å². The zero-order valence-electron chi connectivity index (χ0n) is 11.9. The molecule has 1 N–H and O–H groups in total. The van der Waals surface area contributed by atoms with E-state index in [-0.39, 0.29) is 11.3 Å². The second-order valence-electron chi connectivity index (χ2n) is 4.86. The predicted molar refractivity (Wildman–Crippen MR) is 82.0 cm³/mol. The molecule has 0 radical (unpaired) electrons. The first kappa shape index (κ1) is 15.2. The highest BCUT2D eigenvalue weighted by Gasteiger charge is 2.31. The third-order valence-corrected chi connectivity index (χ3v) is 4.58. The average molecular weight is 331 g/mol. The third-order valence-electron chi connectivity index (χ3n) is 3.25. The number of aromatic nitrogens is 1. The molecular weight excluding hydrogens is 318 g/mol. The van der Waals surface area contributed by atoms with E-state index in [4.69, 9.17) is 4.84 Å². The van der Waals surface area contributed by atoms with Crippen molar-refractivity contribution >= 4 is 21.6 Å². The van der Waals surface area contributed by atoms with Crippen LogP contribution < -0.4 is 4.72 Å². The Hall–Kier alpha value is -2.74. The summed E-state index contributed by atoms with van der Waals surface area (Å²) in [6.07, 6.45) is 1.84. The molecular formula is C15H13N3O4S. The van der Waals surface area contributed by atoms with Gasteiger partial charge in [0.1, 0.15) is 4.90 Å². The van der Waals surface area contributed by atoms with E-state index in [2.05, 4.69) is 10.1 Å². The van der Waals surface area contributed by atoms with E-state index in [9.17, 15) is 13.2 Å². The molecule has 2 heterocycles. The molecule has 118 valence electrons. The van der Waals surface area contributed by atoms with Crippen molar-refractivity contribution in [2.75, 3.05) is 0 Å². The van der Waals surface area contributed by atoms with Gasteiger partial charge in [0.15, 0.2) is 0 Å². The van der Waals surface area contributed by atoms with Crippen molar-refractivity contribution in [2.45, 2.75) is 17.4 Å². The van der Waals surface area contributed by atoms with E-state index < -0.39 is 22.0 Å². The maximum Gasteiger partial charge on any atom is 0.278 e. The lowest BCUT2D eigenvalue weighted by atomic mass is 10.1. The molecule has 0 saturated carbocycles. The molecule has 0 fully saturated rings. The van der Waals surface area contributed by atoms with Crippen LogP contribution in [0.2, 0.25) is 0 Å². The van der Waals surface area contributed by atoms with Crippen LogP contribution in [0.25, 0.3) is 0 Å². The normalized spacial score (nSPS) is 17.2. The van der Waals surface area contributed by atoms with Gasteiger partial charge in [-0.3, -0.25) is 9.78 Å². The fourth-order valence-corrected chi connectivity index (χ4v) is 3.05. The van der Waals surface area contributed by atoms with E-state index in [1.807, 2.05) is 35.1 Å². The Balaban J connectivity index is 1.67. The molecule has 0 aliphatic carbocycles. The maximum atomic E-state index is 12.1. The van der Waals surface area contributed by atoms with Crippen LogP contribution in [0, 0.1) is 0 Å². The number of oxime groups is 1. The topological polar surface area (TPSA) is 97.7 Å². The van der Waals surface area contributed by atoms with Crippen LogP contribution in [0.3, 0.4) is 0 Å². The standard InChI is InChI=1S/C15H13N3O4S/c19-15(18-23(20,21)12-7-4-8-16-10-12)14-9-13(17-22-14)11-5-2-1-3-6-11/h1-8,10,14H,9H2,(H,18,19)/t14-/m1/s1. The molecule has 1 atom stereocenters. The molecule has 1 aliphatic rings. The van der Waals surface area contributed by atoms with Crippen LogP contribution in [-0.4, -0.2) is 31.1 Å². The van der Waals surface area contributed by atoms with Crippen molar-refractivity contribution < 1.29 is 18.0 Å². The molecule has 0 saturated heterocycles. The van der Waals surface area contributed by atoms with Crippen LogP contribution in [-0.2, 0) is 19.7 Å². The van der Waals surface area contributed by atoms with Crippen LogP contribution in [0.4, 0.5) is 0 Å². The zero-order valence-corrected chi connectivity index (χ0v) is 12.7. The summed E-state index contributed by atoms with van der Waals surface area (Å²) >= 11 is 0. The first-order valence-corrected chi connectivity index (χ1v) is 8.29. The number of rotatable bonds is 4. The molecule has 1 amide bonds. The van der Waals surface area contributed by atoms with E-state index >= 15 is 0 Å². The summed E-state index contributed by atoms with van der Waals surface area (Å²) in [6, 6.07) is 12.1. The van der Waals surface area contributed by atoms with Gasteiger partial charge in [-0.1, -0.05) is 35.5 Å². The second-order valence-corrected chi connectivity index (χ2v) is 6.54. The van der Waals surface area contributed by atoms with Crippen molar-refractivity contribution in [1.82, 2.24) is 9.71 Å². The summed E-state index contributed by atoms with van der Waals surface area (Å²) in [6.45, 7) is 0. The first-order valence-electron chi connectivity index (χ1n) is 6.81. The molecule has 3 rings (SSSR count). The van der Waals surface area contributed by atoms with Crippen LogP contribution in [0.15, 0.2) is 64.9 Å². The number of nitrogens with one attached hydrogen (secondary N) is 1. The Bertz CT molecular complexity index is 836. The SMILES string of the molecule is O=C(NS(=O)(=O)c1cccnc1)[C@H]1CC(c2ccccc2)=NO1. The largest absolute Gasteiger partial charge is 0.382 e. The Morgan fingerprint density at radius 2 is 1.96 bits per heavy atom. The van der Waals surface area contributed by atoms with Crippen molar-refractivity contribution in [3.63, 3.8) is 0 Å². The van der Waals surface area contributed by atoms with Crippen molar-refractivity contribution in [1.29, 1.82) is 0 Å². The number of sulfonamides is 1. The number of carbonyl (C=O) groups is 1. The predicted octanol–water partition coefficient (Wildman–Crippen LogP) is 1.08. The van der Waals surface area contributed by atoms with E-state index in [0.717, 1.165) is 11.8 Å². The van der Waals surface area contributed by atoms with Crippen molar-refractivity contribution in [3.8, 4) is 0 Å². The molecule has 2 aromatic rings. The fraction of sp³-hybridized carbons (Fsp3) is 0.133. The van der Waals surface area contributed by atoms with Crippen LogP contribution in [0.1, 0.15) is 12.0 Å². The summed E-state index contributed by atoms with van der Waals surface area (Å²) in [7, 11) is -3.97. The van der Waals surface area contributed by atoms with Gasteiger partial charge in [0.25, 0.3) is 15.9 Å². The van der Waals surface area contributed by atoms with Crippen molar-refractivity contribution in [2.24, 2.45) is 5.16 Å². The molecule has 0 unspecified atom stereocenters. The minimum Gasteiger partial charge on any atom is -0.382 e. The monoisotopic (exact) mass is 331 g/mol. The van der Waals surface area contributed by atoms with E-state index in [0.29, 0.717) is 5.71 Å². The Morgan fingerprint density at radius 3 is 2.65 bits per heavy atom. The minimum atomic E-state index is -3.97. The van der Waals surface area contributed by atoms with Crippen LogP contribution >= 0.6 is 0 Å². The van der Waals surface area contributed by atoms with Gasteiger partial charge in [-0.05, 0) is 17.7 Å². The molecule has 1 aliphatic heterocycles. The van der Waals surface area contributed by atoms with Crippen LogP contribution in [0.5, 0.6) is 0 Å². The van der Waals surface area contributed by atoms with Gasteiger partial charge in [0, 0.05) is 18.8 Å². The van der Waals surface area contributed by atoms with Gasteiger partial charge in [-0.2, -0.15) is 0 Å². The number of amides is 1. The van der Waals surface area contributed by atoms with E-state index in [1.165, 1.54) is 18.3 Å². The molecule has 1 aromatic heterocycles. The molecule has 1 aromatic carbocycles. The Kier molecular flexibility index (Phi) is 4.07. The summed E-state index contributed by atoms with van der Waals surface area (Å²) < 4.78 is 26.2. The lowest BCUT2D eigenvalue weighted by Crippen LogP contribution is -2.38. The molecule has 7 nitrogen and oxygen atoms in total. The molecule has 0 bridgehead atoms. The number of hydrogen-bond acceptors (Lipinski definition) is 6. The minimum absolute atomic E-state index is 0.0875. The number of nitrogens with zero attached hydrogens (tertiary/aromatic N) is 2.